The zero-order chi connectivity index (χ0) is 22.7. The highest BCUT2D eigenvalue weighted by atomic mass is 32.2. The molecule has 0 radical (unpaired) electrons. The lowest BCUT2D eigenvalue weighted by Crippen LogP contribution is -2.39. The van der Waals surface area contributed by atoms with E-state index in [4.69, 9.17) is 4.74 Å². The van der Waals surface area contributed by atoms with Gasteiger partial charge in [-0.1, -0.05) is 19.1 Å². The third kappa shape index (κ3) is 4.78. The minimum atomic E-state index is -3.55. The Kier molecular flexibility index (Phi) is 6.48. The Hall–Kier alpha value is -2.91. The second-order valence-corrected chi connectivity index (χ2v) is 10.2. The van der Waals surface area contributed by atoms with Gasteiger partial charge >= 0.3 is 0 Å². The molecule has 1 N–H and O–H groups in total. The number of piperidine rings is 1. The van der Waals surface area contributed by atoms with Crippen LogP contribution in [0, 0.1) is 5.92 Å². The van der Waals surface area contributed by atoms with Gasteiger partial charge in [0.1, 0.15) is 12.3 Å². The summed E-state index contributed by atoms with van der Waals surface area (Å²) in [5.74, 6) is 0.333. The van der Waals surface area contributed by atoms with Gasteiger partial charge in [0.2, 0.25) is 21.8 Å². The maximum absolute atomic E-state index is 12.9. The van der Waals surface area contributed by atoms with Crippen molar-refractivity contribution >= 4 is 33.2 Å². The number of sulfonamides is 1. The van der Waals surface area contributed by atoms with Crippen LogP contribution < -0.4 is 15.0 Å². The number of fused-ring (bicyclic) bond motifs is 1. The Morgan fingerprint density at radius 3 is 2.66 bits per heavy atom. The molecule has 1 saturated heterocycles. The molecule has 1 atom stereocenters. The zero-order valence-electron chi connectivity index (χ0n) is 18.0. The van der Waals surface area contributed by atoms with Crippen LogP contribution in [0.3, 0.4) is 0 Å². The molecule has 170 valence electrons. The molecule has 0 bridgehead atoms. The van der Waals surface area contributed by atoms with E-state index < -0.39 is 10.0 Å². The van der Waals surface area contributed by atoms with Gasteiger partial charge < -0.3 is 10.1 Å². The molecule has 32 heavy (non-hydrogen) atoms. The van der Waals surface area contributed by atoms with Crippen LogP contribution in [0.4, 0.5) is 11.4 Å². The number of hydrogen-bond donors (Lipinski definition) is 1. The molecule has 2 aliphatic rings. The maximum atomic E-state index is 12.9. The van der Waals surface area contributed by atoms with Crippen LogP contribution >= 0.6 is 0 Å². The Bertz CT molecular complexity index is 1100. The molecular weight excluding hydrogens is 430 g/mol. The predicted octanol–water partition coefficient (Wildman–Crippen LogP) is 2.86. The van der Waals surface area contributed by atoms with Crippen LogP contribution in [0.5, 0.6) is 5.75 Å². The van der Waals surface area contributed by atoms with Crippen LogP contribution in [-0.2, 0) is 19.6 Å². The molecule has 0 aliphatic carbocycles. The third-order valence-electron chi connectivity index (χ3n) is 5.73. The van der Waals surface area contributed by atoms with Crippen molar-refractivity contribution in [3.63, 3.8) is 0 Å². The van der Waals surface area contributed by atoms with Gasteiger partial charge in [0.15, 0.2) is 0 Å². The van der Waals surface area contributed by atoms with E-state index in [-0.39, 0.29) is 36.3 Å². The minimum Gasteiger partial charge on any atom is -0.491 e. The number of anilines is 2. The Morgan fingerprint density at radius 1 is 1.16 bits per heavy atom. The van der Waals surface area contributed by atoms with E-state index in [2.05, 4.69) is 12.2 Å². The summed E-state index contributed by atoms with van der Waals surface area (Å²) < 4.78 is 32.9. The van der Waals surface area contributed by atoms with Crippen LogP contribution in [0.25, 0.3) is 0 Å². The molecule has 2 aliphatic heterocycles. The van der Waals surface area contributed by atoms with Gasteiger partial charge in [-0.25, -0.2) is 8.42 Å². The van der Waals surface area contributed by atoms with Crippen molar-refractivity contribution in [1.82, 2.24) is 4.31 Å². The average molecular weight is 458 g/mol. The molecule has 4 rings (SSSR count). The molecule has 1 fully saturated rings. The molecule has 2 amide bonds. The second-order valence-electron chi connectivity index (χ2n) is 8.23. The topological polar surface area (TPSA) is 96.0 Å². The summed E-state index contributed by atoms with van der Waals surface area (Å²) >= 11 is 0. The highest BCUT2D eigenvalue weighted by molar-refractivity contribution is 7.89. The first-order chi connectivity index (χ1) is 15.3. The first kappa shape index (κ1) is 22.3. The number of hydrogen-bond acceptors (Lipinski definition) is 5. The third-order valence-corrected chi connectivity index (χ3v) is 7.61. The molecule has 2 heterocycles. The van der Waals surface area contributed by atoms with Gasteiger partial charge in [0.25, 0.3) is 0 Å². The first-order valence-electron chi connectivity index (χ1n) is 10.8. The Morgan fingerprint density at radius 2 is 1.91 bits per heavy atom. The molecule has 0 unspecified atom stereocenters. The number of rotatable bonds is 5. The number of nitrogens with one attached hydrogen (secondary N) is 1. The summed E-state index contributed by atoms with van der Waals surface area (Å²) in [5, 5.41) is 2.74. The lowest BCUT2D eigenvalue weighted by atomic mass is 10.0. The molecule has 2 aromatic rings. The fraction of sp³-hybridized carbons (Fsp3) is 0.391. The fourth-order valence-corrected chi connectivity index (χ4v) is 5.66. The second kappa shape index (κ2) is 9.30. The normalized spacial score (nSPS) is 19.6. The van der Waals surface area contributed by atoms with Gasteiger partial charge in [0.05, 0.1) is 23.6 Å². The highest BCUT2D eigenvalue weighted by Crippen LogP contribution is 2.31. The van der Waals surface area contributed by atoms with Crippen molar-refractivity contribution in [3.8, 4) is 5.75 Å². The van der Waals surface area contributed by atoms with Crippen LogP contribution in [0.2, 0.25) is 0 Å². The minimum absolute atomic E-state index is 0.162. The summed E-state index contributed by atoms with van der Waals surface area (Å²) in [6.07, 6.45) is 2.08. The summed E-state index contributed by atoms with van der Waals surface area (Å²) in [6.45, 7) is 3.21. The Labute approximate surface area is 188 Å². The molecule has 8 nitrogen and oxygen atoms in total. The summed E-state index contributed by atoms with van der Waals surface area (Å²) in [6, 6.07) is 13.3. The van der Waals surface area contributed by atoms with Crippen molar-refractivity contribution < 1.29 is 22.7 Å². The molecule has 0 saturated carbocycles. The monoisotopic (exact) mass is 457 g/mol. The van der Waals surface area contributed by atoms with Crippen LogP contribution in [0.1, 0.15) is 26.2 Å². The number of carbonyl (C=O) groups is 2. The molecular formula is C23H27N3O5S. The van der Waals surface area contributed by atoms with Gasteiger partial charge in [-0.3, -0.25) is 14.5 Å². The van der Waals surface area contributed by atoms with Crippen LogP contribution in [0.15, 0.2) is 53.4 Å². The molecule has 0 spiro atoms. The van der Waals surface area contributed by atoms with Crippen molar-refractivity contribution in [2.24, 2.45) is 5.92 Å². The smallest absolute Gasteiger partial charge is 0.244 e. The number of carbonyl (C=O) groups excluding carboxylic acids is 2. The molecule has 0 aromatic heterocycles. The van der Waals surface area contributed by atoms with Gasteiger partial charge in [-0.15, -0.1) is 0 Å². The maximum Gasteiger partial charge on any atom is 0.244 e. The van der Waals surface area contributed by atoms with E-state index in [1.807, 2.05) is 6.07 Å². The highest BCUT2D eigenvalue weighted by Gasteiger charge is 2.29. The van der Waals surface area contributed by atoms with E-state index in [0.29, 0.717) is 36.1 Å². The summed E-state index contributed by atoms with van der Waals surface area (Å²) in [5.41, 5.74) is 1.02. The quantitative estimate of drug-likeness (QED) is 0.745. The lowest BCUT2D eigenvalue weighted by molar-refractivity contribution is -0.121. The fourth-order valence-electron chi connectivity index (χ4n) is 4.06. The van der Waals surface area contributed by atoms with Crippen LogP contribution in [-0.4, -0.2) is 50.8 Å². The molecule has 9 heteroatoms. The van der Waals surface area contributed by atoms with Crippen molar-refractivity contribution in [3.05, 3.63) is 48.5 Å². The average Bonchev–Trinajstić information content (AvgIpc) is 2.93. The largest absolute Gasteiger partial charge is 0.491 e. The van der Waals surface area contributed by atoms with Gasteiger partial charge in [0, 0.05) is 18.8 Å². The molecule has 2 aromatic carbocycles. The number of para-hydroxylation sites is 2. The standard InChI is InChI=1S/C23H27N3O5S/c1-17-5-4-13-25(15-17)32(29,30)19-10-8-18(9-11-19)24-22(27)16-26-20-6-2-3-7-21(20)31-14-12-23(26)28/h2-3,6-11,17H,4-5,12-16H2,1H3,(H,24,27)/t17-/m0/s1. The van der Waals surface area contributed by atoms with Crippen molar-refractivity contribution in [1.29, 1.82) is 0 Å². The summed E-state index contributed by atoms with van der Waals surface area (Å²) in [4.78, 5) is 26.7. The SMILES string of the molecule is C[C@H]1CCCN(S(=O)(=O)c2ccc(NC(=O)CN3C(=O)CCOc4ccccc43)cc2)C1. The summed E-state index contributed by atoms with van der Waals surface area (Å²) in [7, 11) is -3.55. The van der Waals surface area contributed by atoms with E-state index >= 15 is 0 Å². The zero-order valence-corrected chi connectivity index (χ0v) is 18.8. The predicted molar refractivity (Wildman–Crippen MR) is 121 cm³/mol. The first-order valence-corrected chi connectivity index (χ1v) is 12.2. The number of ether oxygens (including phenoxy) is 1. The van der Waals surface area contributed by atoms with Gasteiger partial charge in [-0.05, 0) is 55.2 Å². The van der Waals surface area contributed by atoms with E-state index in [1.54, 1.807) is 30.3 Å². The van der Waals surface area contributed by atoms with Crippen molar-refractivity contribution in [2.45, 2.75) is 31.1 Å². The number of amides is 2. The van der Waals surface area contributed by atoms with Crippen molar-refractivity contribution in [2.75, 3.05) is 36.5 Å². The van der Waals surface area contributed by atoms with E-state index in [1.165, 1.54) is 21.3 Å². The van der Waals surface area contributed by atoms with E-state index in [9.17, 15) is 18.0 Å². The van der Waals surface area contributed by atoms with Gasteiger partial charge in [-0.2, -0.15) is 4.31 Å². The Balaban J connectivity index is 1.44. The number of benzene rings is 2. The van der Waals surface area contributed by atoms with E-state index in [0.717, 1.165) is 12.8 Å². The lowest BCUT2D eigenvalue weighted by Gasteiger charge is -2.30. The number of nitrogens with zero attached hydrogens (tertiary/aromatic N) is 2.